The summed E-state index contributed by atoms with van der Waals surface area (Å²) in [6, 6.07) is 69.9. The number of rotatable bonds is 6. The molecule has 0 spiro atoms. The highest BCUT2D eigenvalue weighted by Crippen LogP contribution is 2.45. The molecule has 1 heterocycles. The lowest BCUT2D eigenvalue weighted by Gasteiger charge is -2.29. The van der Waals surface area contributed by atoms with Crippen LogP contribution in [0.2, 0.25) is 0 Å². The second-order valence-corrected chi connectivity index (χ2v) is 12.2. The molecule has 0 amide bonds. The highest BCUT2D eigenvalue weighted by atomic mass is 15.1. The summed E-state index contributed by atoms with van der Waals surface area (Å²) in [5.74, 6) is 0. The molecular formula is C46H32N2. The fraction of sp³-hybridized carbons (Fsp3) is 0. The molecule has 0 radical (unpaired) electrons. The standard InChI is InChI=1S/C46H32N2/c1-3-16-33(17-4-1)38-25-9-11-28-42(38)48(43-30-14-19-34-18-7-8-24-39(34)43)37-23-13-20-35(32-37)40-27-15-31-45-46(40)41-26-10-12-29-44(41)47(45)36-21-5-2-6-22-36/h1-32H. The first-order valence-electron chi connectivity index (χ1n) is 16.5. The lowest BCUT2D eigenvalue weighted by Crippen LogP contribution is -2.11. The van der Waals surface area contributed by atoms with Gasteiger partial charge in [0.2, 0.25) is 0 Å². The predicted molar refractivity (Wildman–Crippen MR) is 204 cm³/mol. The first kappa shape index (κ1) is 27.9. The smallest absolute Gasteiger partial charge is 0.0547 e. The van der Waals surface area contributed by atoms with Crippen molar-refractivity contribution in [3.63, 3.8) is 0 Å². The van der Waals surface area contributed by atoms with Gasteiger partial charge in [0.05, 0.1) is 22.4 Å². The molecule has 0 aliphatic rings. The van der Waals surface area contributed by atoms with Crippen molar-refractivity contribution in [2.24, 2.45) is 0 Å². The van der Waals surface area contributed by atoms with E-state index in [1.54, 1.807) is 0 Å². The van der Waals surface area contributed by atoms with E-state index in [0.717, 1.165) is 22.7 Å². The summed E-state index contributed by atoms with van der Waals surface area (Å²) in [5, 5.41) is 4.93. The molecule has 0 saturated heterocycles. The van der Waals surface area contributed by atoms with Crippen LogP contribution in [-0.4, -0.2) is 4.57 Å². The molecule has 2 heteroatoms. The number of hydrogen-bond donors (Lipinski definition) is 0. The monoisotopic (exact) mass is 612 g/mol. The fourth-order valence-corrected chi connectivity index (χ4v) is 7.27. The van der Waals surface area contributed by atoms with Crippen molar-refractivity contribution in [1.29, 1.82) is 0 Å². The quantitative estimate of drug-likeness (QED) is 0.181. The van der Waals surface area contributed by atoms with Gasteiger partial charge in [-0.05, 0) is 70.6 Å². The van der Waals surface area contributed by atoms with Crippen molar-refractivity contribution in [1.82, 2.24) is 4.57 Å². The highest BCUT2D eigenvalue weighted by molar-refractivity contribution is 6.16. The first-order valence-corrected chi connectivity index (χ1v) is 16.5. The van der Waals surface area contributed by atoms with Gasteiger partial charge in [-0.3, -0.25) is 0 Å². The van der Waals surface area contributed by atoms with Gasteiger partial charge >= 0.3 is 0 Å². The van der Waals surface area contributed by atoms with Gasteiger partial charge in [-0.2, -0.15) is 0 Å². The third-order valence-electron chi connectivity index (χ3n) is 9.36. The number of nitrogens with zero attached hydrogens (tertiary/aromatic N) is 2. The Bertz CT molecular complexity index is 2560. The minimum Gasteiger partial charge on any atom is -0.309 e. The molecule has 9 aromatic rings. The molecule has 2 nitrogen and oxygen atoms in total. The average molecular weight is 613 g/mol. The Morgan fingerprint density at radius 2 is 0.958 bits per heavy atom. The normalized spacial score (nSPS) is 11.3. The third-order valence-corrected chi connectivity index (χ3v) is 9.36. The number of benzene rings is 8. The molecule has 0 atom stereocenters. The van der Waals surface area contributed by atoms with Crippen molar-refractivity contribution in [2.75, 3.05) is 4.90 Å². The van der Waals surface area contributed by atoms with Crippen LogP contribution in [0.15, 0.2) is 194 Å². The topological polar surface area (TPSA) is 8.17 Å². The Hall–Kier alpha value is -6.38. The van der Waals surface area contributed by atoms with Gasteiger partial charge in [-0.15, -0.1) is 0 Å². The van der Waals surface area contributed by atoms with Gasteiger partial charge in [0.25, 0.3) is 0 Å². The summed E-state index contributed by atoms with van der Waals surface area (Å²) in [4.78, 5) is 2.43. The minimum absolute atomic E-state index is 1.11. The second kappa shape index (κ2) is 11.8. The molecule has 8 aromatic carbocycles. The van der Waals surface area contributed by atoms with Crippen LogP contribution < -0.4 is 4.90 Å². The molecule has 0 saturated carbocycles. The van der Waals surface area contributed by atoms with E-state index in [1.807, 2.05) is 0 Å². The van der Waals surface area contributed by atoms with E-state index < -0.39 is 0 Å². The van der Waals surface area contributed by atoms with Gasteiger partial charge in [-0.1, -0.05) is 146 Å². The molecule has 9 rings (SSSR count). The molecule has 0 unspecified atom stereocenters. The average Bonchev–Trinajstić information content (AvgIpc) is 3.51. The molecule has 1 aromatic heterocycles. The summed E-state index contributed by atoms with van der Waals surface area (Å²) in [6.45, 7) is 0. The Labute approximate surface area is 280 Å². The van der Waals surface area contributed by atoms with E-state index in [9.17, 15) is 0 Å². The minimum atomic E-state index is 1.11. The predicted octanol–water partition coefficient (Wildman–Crippen LogP) is 12.7. The maximum atomic E-state index is 2.43. The van der Waals surface area contributed by atoms with Crippen molar-refractivity contribution in [3.8, 4) is 27.9 Å². The maximum Gasteiger partial charge on any atom is 0.0547 e. The Morgan fingerprint density at radius 1 is 0.375 bits per heavy atom. The van der Waals surface area contributed by atoms with Crippen LogP contribution >= 0.6 is 0 Å². The summed E-state index contributed by atoms with van der Waals surface area (Å²) in [7, 11) is 0. The van der Waals surface area contributed by atoms with Gasteiger partial charge in [0.1, 0.15) is 0 Å². The third kappa shape index (κ3) is 4.66. The summed E-state index contributed by atoms with van der Waals surface area (Å²) in [6.07, 6.45) is 0. The van der Waals surface area contributed by atoms with E-state index in [2.05, 4.69) is 204 Å². The van der Waals surface area contributed by atoms with E-state index in [-0.39, 0.29) is 0 Å². The molecule has 0 fully saturated rings. The number of anilines is 3. The van der Waals surface area contributed by atoms with Crippen LogP contribution in [0.25, 0.3) is 60.5 Å². The van der Waals surface area contributed by atoms with Crippen molar-refractivity contribution in [3.05, 3.63) is 194 Å². The molecule has 0 bridgehead atoms. The Morgan fingerprint density at radius 3 is 1.83 bits per heavy atom. The van der Waals surface area contributed by atoms with E-state index in [0.29, 0.717) is 0 Å². The number of fused-ring (bicyclic) bond motifs is 4. The fourth-order valence-electron chi connectivity index (χ4n) is 7.27. The SMILES string of the molecule is c1ccc(-c2ccccc2N(c2cccc(-c3cccc4c3c3ccccc3n4-c3ccccc3)c2)c2cccc3ccccc23)cc1. The van der Waals surface area contributed by atoms with E-state index >= 15 is 0 Å². The summed E-state index contributed by atoms with van der Waals surface area (Å²) >= 11 is 0. The molecule has 0 N–H and O–H groups in total. The zero-order valence-corrected chi connectivity index (χ0v) is 26.4. The Kier molecular flexibility index (Phi) is 6.84. The van der Waals surface area contributed by atoms with E-state index in [1.165, 1.54) is 54.8 Å². The van der Waals surface area contributed by atoms with Crippen LogP contribution in [0.3, 0.4) is 0 Å². The lowest BCUT2D eigenvalue weighted by atomic mass is 9.97. The molecule has 0 aliphatic heterocycles. The van der Waals surface area contributed by atoms with Crippen molar-refractivity contribution in [2.45, 2.75) is 0 Å². The molecule has 226 valence electrons. The van der Waals surface area contributed by atoms with Crippen LogP contribution in [-0.2, 0) is 0 Å². The zero-order chi connectivity index (χ0) is 31.9. The van der Waals surface area contributed by atoms with Crippen LogP contribution in [0.5, 0.6) is 0 Å². The number of para-hydroxylation sites is 3. The number of hydrogen-bond acceptors (Lipinski definition) is 1. The largest absolute Gasteiger partial charge is 0.309 e. The van der Waals surface area contributed by atoms with Crippen molar-refractivity contribution >= 4 is 49.6 Å². The van der Waals surface area contributed by atoms with Crippen molar-refractivity contribution < 1.29 is 0 Å². The van der Waals surface area contributed by atoms with Gasteiger partial charge < -0.3 is 9.47 Å². The van der Waals surface area contributed by atoms with Crippen LogP contribution in [0.4, 0.5) is 17.1 Å². The van der Waals surface area contributed by atoms with Gasteiger partial charge in [-0.25, -0.2) is 0 Å². The van der Waals surface area contributed by atoms with E-state index in [4.69, 9.17) is 0 Å². The van der Waals surface area contributed by atoms with Gasteiger partial charge in [0.15, 0.2) is 0 Å². The lowest BCUT2D eigenvalue weighted by molar-refractivity contribution is 1.18. The second-order valence-electron chi connectivity index (χ2n) is 12.2. The number of aromatic nitrogens is 1. The summed E-state index contributed by atoms with van der Waals surface area (Å²) in [5.41, 5.74) is 11.7. The molecule has 48 heavy (non-hydrogen) atoms. The summed E-state index contributed by atoms with van der Waals surface area (Å²) < 4.78 is 2.39. The Balaban J connectivity index is 1.30. The molecular weight excluding hydrogens is 581 g/mol. The van der Waals surface area contributed by atoms with Crippen LogP contribution in [0.1, 0.15) is 0 Å². The zero-order valence-electron chi connectivity index (χ0n) is 26.4. The maximum absolute atomic E-state index is 2.43. The molecule has 0 aliphatic carbocycles. The van der Waals surface area contributed by atoms with Gasteiger partial charge in [0, 0.05) is 33.1 Å². The highest BCUT2D eigenvalue weighted by Gasteiger charge is 2.21. The first-order chi connectivity index (χ1) is 23.8. The van der Waals surface area contributed by atoms with Crippen LogP contribution in [0, 0.1) is 0 Å².